The van der Waals surface area contributed by atoms with Crippen molar-refractivity contribution in [3.8, 4) is 5.75 Å². The van der Waals surface area contributed by atoms with Crippen molar-refractivity contribution in [2.24, 2.45) is 16.5 Å². The first-order valence-electron chi connectivity index (χ1n) is 12.3. The zero-order valence-electron chi connectivity index (χ0n) is 21.7. The van der Waals surface area contributed by atoms with Crippen molar-refractivity contribution in [3.05, 3.63) is 70.1 Å². The highest BCUT2D eigenvalue weighted by Crippen LogP contribution is 2.21. The number of nitrogens with zero attached hydrogens (tertiary/aromatic N) is 1. The van der Waals surface area contributed by atoms with Crippen molar-refractivity contribution in [2.75, 3.05) is 11.9 Å². The molecule has 3 amide bonds. The van der Waals surface area contributed by atoms with Crippen molar-refractivity contribution in [2.45, 2.75) is 45.2 Å². The number of carbonyl (C=O) groups is 3. The number of rotatable bonds is 11. The van der Waals surface area contributed by atoms with Gasteiger partial charge in [0, 0.05) is 43.1 Å². The number of phenolic OH excluding ortho intramolecular Hbond substituents is 1. The van der Waals surface area contributed by atoms with E-state index in [9.17, 15) is 24.3 Å². The fourth-order valence-corrected chi connectivity index (χ4v) is 4.00. The number of aromatic hydroxyl groups is 1. The molecule has 1 heterocycles. The number of hydrogen-bond donors (Lipinski definition) is 6. The number of amides is 3. The van der Waals surface area contributed by atoms with Gasteiger partial charge in [-0.05, 0) is 55.2 Å². The van der Waals surface area contributed by atoms with Crippen LogP contribution in [0.2, 0.25) is 0 Å². The van der Waals surface area contributed by atoms with Gasteiger partial charge in [0.25, 0.3) is 0 Å². The lowest BCUT2D eigenvalue weighted by atomic mass is 10.0. The van der Waals surface area contributed by atoms with E-state index in [0.29, 0.717) is 23.3 Å². The maximum Gasteiger partial charge on any atom is 0.336 e. The minimum absolute atomic E-state index is 0.0694. The smallest absolute Gasteiger partial charge is 0.336 e. The molecule has 0 saturated heterocycles. The van der Waals surface area contributed by atoms with Crippen molar-refractivity contribution >= 4 is 40.3 Å². The van der Waals surface area contributed by atoms with Crippen LogP contribution in [0.5, 0.6) is 5.75 Å². The van der Waals surface area contributed by atoms with Crippen molar-refractivity contribution < 1.29 is 23.9 Å². The summed E-state index contributed by atoms with van der Waals surface area (Å²) in [5, 5.41) is 18.3. The summed E-state index contributed by atoms with van der Waals surface area (Å²) in [4.78, 5) is 54.0. The van der Waals surface area contributed by atoms with Gasteiger partial charge in [-0.1, -0.05) is 12.1 Å². The zero-order valence-corrected chi connectivity index (χ0v) is 21.7. The van der Waals surface area contributed by atoms with E-state index in [1.54, 1.807) is 31.2 Å². The van der Waals surface area contributed by atoms with E-state index in [1.165, 1.54) is 31.2 Å². The third-order valence-corrected chi connectivity index (χ3v) is 5.87. The quantitative estimate of drug-likeness (QED) is 0.0902. The van der Waals surface area contributed by atoms with E-state index in [2.05, 4.69) is 20.9 Å². The molecule has 206 valence electrons. The number of benzene rings is 2. The molecule has 0 bridgehead atoms. The zero-order chi connectivity index (χ0) is 28.5. The number of guanidine groups is 1. The summed E-state index contributed by atoms with van der Waals surface area (Å²) in [6.45, 7) is 3.31. The molecule has 3 aromatic rings. The average molecular weight is 537 g/mol. The molecule has 1 aromatic heterocycles. The summed E-state index contributed by atoms with van der Waals surface area (Å²) in [6.07, 6.45) is 0.712. The summed E-state index contributed by atoms with van der Waals surface area (Å²) in [6, 6.07) is 10.6. The van der Waals surface area contributed by atoms with Crippen LogP contribution in [0.4, 0.5) is 5.69 Å². The number of anilines is 1. The molecule has 0 radical (unpaired) electrons. The summed E-state index contributed by atoms with van der Waals surface area (Å²) in [5.41, 5.74) is 12.4. The van der Waals surface area contributed by atoms with E-state index in [1.807, 2.05) is 0 Å². The minimum Gasteiger partial charge on any atom is -0.508 e. The SMILES string of the molecule is CC(=O)N[C@@H](Cc1ccc(O)cc1)C(=O)N[C@@H](CCCN=C(N)N)C(=O)Nc1ccc2c(C)cc(=O)oc2c1. The Kier molecular flexibility index (Phi) is 9.63. The number of carbonyl (C=O) groups excluding carboxylic acids is 3. The number of nitrogens with one attached hydrogen (secondary N) is 3. The largest absolute Gasteiger partial charge is 0.508 e. The molecule has 8 N–H and O–H groups in total. The van der Waals surface area contributed by atoms with Gasteiger partial charge in [-0.25, -0.2) is 4.79 Å². The fraction of sp³-hybridized carbons (Fsp3) is 0.296. The molecule has 12 nitrogen and oxygen atoms in total. The first kappa shape index (κ1) is 28.7. The topological polar surface area (TPSA) is 202 Å². The van der Waals surface area contributed by atoms with Gasteiger partial charge in [0.1, 0.15) is 23.4 Å². The van der Waals surface area contributed by atoms with Crippen LogP contribution in [-0.4, -0.2) is 47.4 Å². The molecule has 2 aromatic carbocycles. The predicted octanol–water partition coefficient (Wildman–Crippen LogP) is 1.03. The second-order valence-corrected chi connectivity index (χ2v) is 9.08. The molecule has 0 spiro atoms. The normalized spacial score (nSPS) is 12.3. The van der Waals surface area contributed by atoms with Gasteiger partial charge in [0.2, 0.25) is 17.7 Å². The van der Waals surface area contributed by atoms with E-state index in [4.69, 9.17) is 15.9 Å². The molecule has 39 heavy (non-hydrogen) atoms. The third kappa shape index (κ3) is 8.59. The maximum absolute atomic E-state index is 13.3. The molecule has 0 aliphatic heterocycles. The molecule has 0 aliphatic rings. The van der Waals surface area contributed by atoms with Gasteiger partial charge in [-0.3, -0.25) is 19.4 Å². The molecule has 0 fully saturated rings. The Morgan fingerprint density at radius 2 is 1.72 bits per heavy atom. The molecular weight excluding hydrogens is 504 g/mol. The number of aliphatic imine (C=N–C) groups is 1. The number of nitrogens with two attached hydrogens (primary N) is 2. The Labute approximate surface area is 224 Å². The monoisotopic (exact) mass is 536 g/mol. The number of aryl methyl sites for hydroxylation is 1. The standard InChI is InChI=1S/C27H32N6O6/c1-15-12-24(36)39-23-14-18(7-10-20(15)23)32-25(37)21(4-3-11-30-27(28)29)33-26(38)22(31-16(2)34)13-17-5-8-19(35)9-6-17/h5-10,12,14,21-22,35H,3-4,11,13H2,1-2H3,(H,31,34)(H,32,37)(H,33,38)(H4,28,29,30)/t21-,22-/m0/s1. The van der Waals surface area contributed by atoms with Crippen LogP contribution >= 0.6 is 0 Å². The van der Waals surface area contributed by atoms with Crippen LogP contribution in [0.25, 0.3) is 11.0 Å². The average Bonchev–Trinajstić information content (AvgIpc) is 2.85. The minimum atomic E-state index is -0.997. The number of fused-ring (bicyclic) bond motifs is 1. The maximum atomic E-state index is 13.3. The molecule has 0 saturated carbocycles. The van der Waals surface area contributed by atoms with E-state index >= 15 is 0 Å². The number of hydrogen-bond acceptors (Lipinski definition) is 7. The molecular formula is C27H32N6O6. The Balaban J connectivity index is 1.80. The van der Waals surface area contributed by atoms with Gasteiger partial charge < -0.3 is 36.9 Å². The van der Waals surface area contributed by atoms with Gasteiger partial charge in [-0.2, -0.15) is 0 Å². The number of phenols is 1. The van der Waals surface area contributed by atoms with Crippen LogP contribution < -0.4 is 33.0 Å². The molecule has 3 rings (SSSR count). The Bertz CT molecular complexity index is 1430. The van der Waals surface area contributed by atoms with Gasteiger partial charge >= 0.3 is 5.63 Å². The first-order chi connectivity index (χ1) is 18.5. The lowest BCUT2D eigenvalue weighted by molar-refractivity contribution is -0.130. The fourth-order valence-electron chi connectivity index (χ4n) is 4.00. The summed E-state index contributed by atoms with van der Waals surface area (Å²) < 4.78 is 5.25. The van der Waals surface area contributed by atoms with Gasteiger partial charge in [0.15, 0.2) is 5.96 Å². The van der Waals surface area contributed by atoms with Crippen molar-refractivity contribution in [3.63, 3.8) is 0 Å². The van der Waals surface area contributed by atoms with Crippen LogP contribution in [0.3, 0.4) is 0 Å². The Hall–Kier alpha value is -4.87. The van der Waals surface area contributed by atoms with E-state index in [0.717, 1.165) is 10.9 Å². The molecule has 0 unspecified atom stereocenters. The predicted molar refractivity (Wildman–Crippen MR) is 147 cm³/mol. The highest BCUT2D eigenvalue weighted by atomic mass is 16.4. The lowest BCUT2D eigenvalue weighted by Gasteiger charge is -2.23. The molecule has 2 atom stereocenters. The van der Waals surface area contributed by atoms with Crippen LogP contribution in [0.1, 0.15) is 30.9 Å². The summed E-state index contributed by atoms with van der Waals surface area (Å²) in [7, 11) is 0. The van der Waals surface area contributed by atoms with E-state index < -0.39 is 35.4 Å². The van der Waals surface area contributed by atoms with Gasteiger partial charge in [-0.15, -0.1) is 0 Å². The highest BCUT2D eigenvalue weighted by Gasteiger charge is 2.26. The van der Waals surface area contributed by atoms with Crippen LogP contribution in [-0.2, 0) is 20.8 Å². The van der Waals surface area contributed by atoms with E-state index in [-0.39, 0.29) is 31.1 Å². The summed E-state index contributed by atoms with van der Waals surface area (Å²) in [5.74, 6) is -1.53. The molecule has 12 heteroatoms. The first-order valence-corrected chi connectivity index (χ1v) is 12.3. The second-order valence-electron chi connectivity index (χ2n) is 9.08. The van der Waals surface area contributed by atoms with Crippen LogP contribution in [0, 0.1) is 6.92 Å². The highest BCUT2D eigenvalue weighted by molar-refractivity contribution is 5.99. The Morgan fingerprint density at radius 1 is 1.00 bits per heavy atom. The van der Waals surface area contributed by atoms with Crippen molar-refractivity contribution in [1.29, 1.82) is 0 Å². The van der Waals surface area contributed by atoms with Crippen LogP contribution in [0.15, 0.2) is 62.7 Å². The third-order valence-electron chi connectivity index (χ3n) is 5.87. The summed E-state index contributed by atoms with van der Waals surface area (Å²) >= 11 is 0. The lowest BCUT2D eigenvalue weighted by Crippen LogP contribution is -2.53. The van der Waals surface area contributed by atoms with Gasteiger partial charge in [0.05, 0.1) is 0 Å². The Morgan fingerprint density at radius 3 is 2.38 bits per heavy atom. The van der Waals surface area contributed by atoms with Crippen molar-refractivity contribution in [1.82, 2.24) is 10.6 Å². The molecule has 0 aliphatic carbocycles. The second kappa shape index (κ2) is 13.1.